The van der Waals surface area contributed by atoms with E-state index in [1.54, 1.807) is 6.20 Å². The van der Waals surface area contributed by atoms with Gasteiger partial charge in [0, 0.05) is 29.9 Å². The molecule has 0 saturated carbocycles. The van der Waals surface area contributed by atoms with Crippen LogP contribution in [0.1, 0.15) is 30.1 Å². The normalized spacial score (nSPS) is 27.6. The largest absolute Gasteiger partial charge is 0.373 e. The molecule has 0 aliphatic carbocycles. The number of rotatable bonds is 1. The van der Waals surface area contributed by atoms with E-state index in [1.165, 1.54) is 11.1 Å². The van der Waals surface area contributed by atoms with Crippen LogP contribution < -0.4 is 0 Å². The molecule has 1 aliphatic heterocycles. The fourth-order valence-electron chi connectivity index (χ4n) is 1.79. The van der Waals surface area contributed by atoms with Gasteiger partial charge in [-0.15, -0.1) is 11.6 Å². The minimum atomic E-state index is 0.139. The molecule has 1 aromatic rings. The van der Waals surface area contributed by atoms with E-state index in [0.29, 0.717) is 0 Å². The molecular formula is C11H14ClNO. The summed E-state index contributed by atoms with van der Waals surface area (Å²) in [5, 5.41) is 0.244. The van der Waals surface area contributed by atoms with Crippen molar-refractivity contribution in [2.75, 3.05) is 6.61 Å². The van der Waals surface area contributed by atoms with Crippen LogP contribution in [0, 0.1) is 6.92 Å². The third-order valence-electron chi connectivity index (χ3n) is 2.65. The summed E-state index contributed by atoms with van der Waals surface area (Å²) in [6.07, 6.45) is 5.68. The monoisotopic (exact) mass is 211 g/mol. The van der Waals surface area contributed by atoms with Crippen LogP contribution in [0.25, 0.3) is 0 Å². The lowest BCUT2D eigenvalue weighted by Crippen LogP contribution is -2.20. The van der Waals surface area contributed by atoms with E-state index in [0.717, 1.165) is 19.4 Å². The summed E-state index contributed by atoms with van der Waals surface area (Å²) >= 11 is 6.11. The Morgan fingerprint density at radius 2 is 2.43 bits per heavy atom. The van der Waals surface area contributed by atoms with E-state index in [2.05, 4.69) is 11.9 Å². The molecule has 2 nitrogen and oxygen atoms in total. The van der Waals surface area contributed by atoms with Gasteiger partial charge in [-0.1, -0.05) is 0 Å². The molecule has 0 spiro atoms. The van der Waals surface area contributed by atoms with Gasteiger partial charge in [0.05, 0.1) is 6.10 Å². The summed E-state index contributed by atoms with van der Waals surface area (Å²) in [4.78, 5) is 4.12. The SMILES string of the molecule is Cc1ccncc1C1CC(Cl)CCO1. The Balaban J connectivity index is 2.18. The zero-order valence-electron chi connectivity index (χ0n) is 8.24. The first kappa shape index (κ1) is 9.94. The van der Waals surface area contributed by atoms with Gasteiger partial charge in [-0.3, -0.25) is 4.98 Å². The predicted octanol–water partition coefficient (Wildman–Crippen LogP) is 2.85. The lowest BCUT2D eigenvalue weighted by molar-refractivity contribution is 0.0163. The van der Waals surface area contributed by atoms with Gasteiger partial charge in [-0.2, -0.15) is 0 Å². The Hall–Kier alpha value is -0.600. The molecule has 1 aromatic heterocycles. The third kappa shape index (κ3) is 2.07. The Morgan fingerprint density at radius 1 is 1.57 bits per heavy atom. The van der Waals surface area contributed by atoms with Crippen molar-refractivity contribution in [1.82, 2.24) is 4.98 Å². The number of hydrogen-bond acceptors (Lipinski definition) is 2. The number of halogens is 1. The lowest BCUT2D eigenvalue weighted by Gasteiger charge is -2.27. The average Bonchev–Trinajstić information content (AvgIpc) is 2.18. The summed E-state index contributed by atoms with van der Waals surface area (Å²) in [6, 6.07) is 2.01. The van der Waals surface area contributed by atoms with Gasteiger partial charge < -0.3 is 4.74 Å². The van der Waals surface area contributed by atoms with Gasteiger partial charge in [0.1, 0.15) is 0 Å². The molecule has 1 fully saturated rings. The number of hydrogen-bond donors (Lipinski definition) is 0. The molecule has 1 aliphatic rings. The molecular weight excluding hydrogens is 198 g/mol. The second kappa shape index (κ2) is 4.28. The van der Waals surface area contributed by atoms with Crippen molar-refractivity contribution >= 4 is 11.6 Å². The number of aryl methyl sites for hydroxylation is 1. The van der Waals surface area contributed by atoms with Crippen LogP contribution in [0.2, 0.25) is 0 Å². The Labute approximate surface area is 89.3 Å². The van der Waals surface area contributed by atoms with Gasteiger partial charge in [0.2, 0.25) is 0 Å². The second-order valence-corrected chi connectivity index (χ2v) is 4.33. The maximum absolute atomic E-state index is 6.11. The van der Waals surface area contributed by atoms with Crippen LogP contribution in [0.15, 0.2) is 18.5 Å². The smallest absolute Gasteiger partial charge is 0.0856 e. The minimum Gasteiger partial charge on any atom is -0.373 e. The maximum Gasteiger partial charge on any atom is 0.0856 e. The zero-order valence-corrected chi connectivity index (χ0v) is 9.00. The van der Waals surface area contributed by atoms with E-state index in [4.69, 9.17) is 16.3 Å². The minimum absolute atomic E-state index is 0.139. The summed E-state index contributed by atoms with van der Waals surface area (Å²) in [7, 11) is 0. The summed E-state index contributed by atoms with van der Waals surface area (Å²) in [5.74, 6) is 0. The molecule has 0 bridgehead atoms. The van der Waals surface area contributed by atoms with Crippen molar-refractivity contribution in [2.24, 2.45) is 0 Å². The van der Waals surface area contributed by atoms with Gasteiger partial charge in [-0.05, 0) is 31.4 Å². The van der Waals surface area contributed by atoms with Gasteiger partial charge >= 0.3 is 0 Å². The van der Waals surface area contributed by atoms with Crippen LogP contribution in [-0.2, 0) is 4.74 Å². The first-order chi connectivity index (χ1) is 6.77. The number of nitrogens with zero attached hydrogens (tertiary/aromatic N) is 1. The van der Waals surface area contributed by atoms with E-state index < -0.39 is 0 Å². The standard InChI is InChI=1S/C11H14ClNO/c1-8-2-4-13-7-10(8)11-6-9(12)3-5-14-11/h2,4,7,9,11H,3,5-6H2,1H3. The maximum atomic E-state index is 6.11. The summed E-state index contributed by atoms with van der Waals surface area (Å²) in [5.41, 5.74) is 2.41. The van der Waals surface area contributed by atoms with Crippen LogP contribution in [0.3, 0.4) is 0 Å². The molecule has 2 atom stereocenters. The number of pyridine rings is 1. The molecule has 0 radical (unpaired) electrons. The van der Waals surface area contributed by atoms with Crippen molar-refractivity contribution in [3.8, 4) is 0 Å². The molecule has 0 N–H and O–H groups in total. The van der Waals surface area contributed by atoms with Gasteiger partial charge in [0.25, 0.3) is 0 Å². The topological polar surface area (TPSA) is 22.1 Å². The van der Waals surface area contributed by atoms with E-state index in [9.17, 15) is 0 Å². The first-order valence-corrected chi connectivity index (χ1v) is 5.37. The second-order valence-electron chi connectivity index (χ2n) is 3.71. The third-order valence-corrected chi connectivity index (χ3v) is 3.04. The quantitative estimate of drug-likeness (QED) is 0.667. The highest BCUT2D eigenvalue weighted by Gasteiger charge is 2.23. The molecule has 2 heterocycles. The Morgan fingerprint density at radius 3 is 3.14 bits per heavy atom. The van der Waals surface area contributed by atoms with Gasteiger partial charge in [-0.25, -0.2) is 0 Å². The Bertz CT molecular complexity index is 316. The lowest BCUT2D eigenvalue weighted by atomic mass is 9.99. The van der Waals surface area contributed by atoms with Crippen LogP contribution in [-0.4, -0.2) is 17.0 Å². The molecule has 76 valence electrons. The summed E-state index contributed by atoms with van der Waals surface area (Å²) in [6.45, 7) is 2.84. The highest BCUT2D eigenvalue weighted by molar-refractivity contribution is 6.20. The van der Waals surface area contributed by atoms with Crippen molar-refractivity contribution in [2.45, 2.75) is 31.2 Å². The molecule has 1 saturated heterocycles. The number of ether oxygens (including phenoxy) is 1. The molecule has 0 amide bonds. The van der Waals surface area contributed by atoms with E-state index in [1.807, 2.05) is 12.3 Å². The number of alkyl halides is 1. The van der Waals surface area contributed by atoms with Crippen LogP contribution in [0.4, 0.5) is 0 Å². The van der Waals surface area contributed by atoms with Crippen molar-refractivity contribution in [3.05, 3.63) is 29.6 Å². The number of aromatic nitrogens is 1. The molecule has 14 heavy (non-hydrogen) atoms. The fourth-order valence-corrected chi connectivity index (χ4v) is 2.04. The van der Waals surface area contributed by atoms with Gasteiger partial charge in [0.15, 0.2) is 0 Å². The van der Waals surface area contributed by atoms with E-state index >= 15 is 0 Å². The van der Waals surface area contributed by atoms with Crippen LogP contribution >= 0.6 is 11.6 Å². The fraction of sp³-hybridized carbons (Fsp3) is 0.545. The predicted molar refractivity (Wildman–Crippen MR) is 56.5 cm³/mol. The molecule has 3 heteroatoms. The molecule has 0 aromatic carbocycles. The molecule has 2 rings (SSSR count). The summed E-state index contributed by atoms with van der Waals surface area (Å²) < 4.78 is 5.69. The van der Waals surface area contributed by atoms with Crippen molar-refractivity contribution in [3.63, 3.8) is 0 Å². The van der Waals surface area contributed by atoms with Crippen molar-refractivity contribution < 1.29 is 4.74 Å². The first-order valence-electron chi connectivity index (χ1n) is 4.93. The Kier molecular flexibility index (Phi) is 3.04. The van der Waals surface area contributed by atoms with Crippen molar-refractivity contribution in [1.29, 1.82) is 0 Å². The van der Waals surface area contributed by atoms with E-state index in [-0.39, 0.29) is 11.5 Å². The average molecular weight is 212 g/mol. The highest BCUT2D eigenvalue weighted by Crippen LogP contribution is 2.31. The van der Waals surface area contributed by atoms with Crippen LogP contribution in [0.5, 0.6) is 0 Å². The highest BCUT2D eigenvalue weighted by atomic mass is 35.5. The zero-order chi connectivity index (χ0) is 9.97. The molecule has 2 unspecified atom stereocenters.